The fraction of sp³-hybridized carbons (Fsp3) is 0.929. The predicted molar refractivity (Wildman–Crippen MR) is 269 cm³/mol. The summed E-state index contributed by atoms with van der Waals surface area (Å²) in [4.78, 5) is 26.2. The van der Waals surface area contributed by atoms with Crippen LogP contribution < -0.4 is 5.32 Å². The van der Waals surface area contributed by atoms with Crippen molar-refractivity contribution in [3.63, 3.8) is 0 Å². The number of amides is 1. The van der Waals surface area contributed by atoms with Crippen molar-refractivity contribution in [1.82, 2.24) is 5.32 Å². The van der Waals surface area contributed by atoms with E-state index in [0.717, 1.165) is 51.4 Å². The van der Waals surface area contributed by atoms with E-state index in [-0.39, 0.29) is 24.9 Å². The quantitative estimate of drug-likeness (QED) is 0.0321. The summed E-state index contributed by atoms with van der Waals surface area (Å²) in [5.74, 6) is -0.457. The van der Waals surface area contributed by atoms with Crippen molar-refractivity contribution in [3.8, 4) is 0 Å². The van der Waals surface area contributed by atoms with Crippen LogP contribution in [0.25, 0.3) is 0 Å². The largest absolute Gasteiger partial charge is 0.462 e. The zero-order valence-corrected chi connectivity index (χ0v) is 42.0. The molecule has 0 aromatic rings. The molecule has 6 heteroatoms. The van der Waals surface area contributed by atoms with Crippen molar-refractivity contribution in [3.05, 3.63) is 12.2 Å². The number of unbranched alkanes of at least 4 members (excludes halogenated alkanes) is 37. The highest BCUT2D eigenvalue weighted by Gasteiger charge is 2.24. The zero-order chi connectivity index (χ0) is 45.2. The van der Waals surface area contributed by atoms with E-state index in [2.05, 4.69) is 38.2 Å². The van der Waals surface area contributed by atoms with Crippen LogP contribution in [0.1, 0.15) is 310 Å². The molecular formula is C56H109NO5. The van der Waals surface area contributed by atoms with E-state index in [4.69, 9.17) is 4.74 Å². The number of carbonyl (C=O) groups is 2. The van der Waals surface area contributed by atoms with Gasteiger partial charge < -0.3 is 20.3 Å². The second-order valence-corrected chi connectivity index (χ2v) is 19.3. The Morgan fingerprint density at radius 3 is 1.15 bits per heavy atom. The maximum Gasteiger partial charge on any atom is 0.306 e. The number of allylic oxidation sites excluding steroid dienone is 2. The molecule has 0 aromatic heterocycles. The van der Waals surface area contributed by atoms with Gasteiger partial charge in [-0.3, -0.25) is 9.59 Å². The van der Waals surface area contributed by atoms with Crippen LogP contribution in [0.2, 0.25) is 0 Å². The van der Waals surface area contributed by atoms with Gasteiger partial charge in [-0.25, -0.2) is 0 Å². The molecule has 62 heavy (non-hydrogen) atoms. The fourth-order valence-electron chi connectivity index (χ4n) is 8.84. The third-order valence-electron chi connectivity index (χ3n) is 13.1. The normalized spacial score (nSPS) is 13.2. The van der Waals surface area contributed by atoms with Crippen molar-refractivity contribution in [2.45, 2.75) is 328 Å². The van der Waals surface area contributed by atoms with Gasteiger partial charge in [0.2, 0.25) is 5.91 Å². The van der Waals surface area contributed by atoms with Gasteiger partial charge in [0.25, 0.3) is 0 Å². The highest BCUT2D eigenvalue weighted by molar-refractivity contribution is 5.77. The number of nitrogens with one attached hydrogen (secondary N) is 1. The summed E-state index contributed by atoms with van der Waals surface area (Å²) >= 11 is 0. The molecule has 0 aliphatic carbocycles. The highest BCUT2D eigenvalue weighted by atomic mass is 16.5. The molecular weight excluding hydrogens is 767 g/mol. The summed E-state index contributed by atoms with van der Waals surface area (Å²) in [5.41, 5.74) is 0. The number of rotatable bonds is 51. The third kappa shape index (κ3) is 45.2. The van der Waals surface area contributed by atoms with Crippen LogP contribution in [0.15, 0.2) is 12.2 Å². The summed E-state index contributed by atoms with van der Waals surface area (Å²) in [6.45, 7) is 6.51. The first-order valence-corrected chi connectivity index (χ1v) is 27.9. The maximum atomic E-state index is 13.2. The van der Waals surface area contributed by atoms with Crippen molar-refractivity contribution in [2.24, 2.45) is 0 Å². The first-order valence-electron chi connectivity index (χ1n) is 27.9. The smallest absolute Gasteiger partial charge is 0.306 e. The van der Waals surface area contributed by atoms with Crippen LogP contribution in [-0.2, 0) is 14.3 Å². The molecule has 0 spiro atoms. The second-order valence-electron chi connectivity index (χ2n) is 19.3. The van der Waals surface area contributed by atoms with Gasteiger partial charge in [0.1, 0.15) is 6.10 Å². The standard InChI is InChI=1S/C56H109NO5/c1-4-7-10-13-16-19-22-25-27-28-29-30-32-35-38-41-44-47-52(62-56(61)49-46-43-40-37-34-31-26-23-20-17-14-11-8-5-2)50-55(60)57-53(51-58)54(59)48-45-42-39-36-33-24-21-18-15-12-9-6-3/h25,27,52-54,58-59H,4-24,26,28-51H2,1-3H3,(H,57,60)/b27-25+. The molecule has 0 rings (SSSR count). The van der Waals surface area contributed by atoms with Gasteiger partial charge in [-0.15, -0.1) is 0 Å². The lowest BCUT2D eigenvalue weighted by Gasteiger charge is -2.24. The summed E-state index contributed by atoms with van der Waals surface area (Å²) in [6, 6.07) is -0.696. The summed E-state index contributed by atoms with van der Waals surface area (Å²) < 4.78 is 5.96. The zero-order valence-electron chi connectivity index (χ0n) is 42.0. The molecule has 3 N–H and O–H groups in total. The number of hydrogen-bond donors (Lipinski definition) is 3. The molecule has 0 aromatic carbocycles. The molecule has 0 bridgehead atoms. The van der Waals surface area contributed by atoms with Gasteiger partial charge in [-0.2, -0.15) is 0 Å². The average molecular weight is 876 g/mol. The molecule has 1 amide bonds. The van der Waals surface area contributed by atoms with Gasteiger partial charge in [-0.1, -0.05) is 258 Å². The van der Waals surface area contributed by atoms with Crippen molar-refractivity contribution >= 4 is 11.9 Å². The Morgan fingerprint density at radius 1 is 0.452 bits per heavy atom. The van der Waals surface area contributed by atoms with Gasteiger partial charge in [0.15, 0.2) is 0 Å². The van der Waals surface area contributed by atoms with Gasteiger partial charge in [0.05, 0.1) is 25.2 Å². The average Bonchev–Trinajstić information content (AvgIpc) is 3.26. The molecule has 3 atom stereocenters. The number of esters is 1. The van der Waals surface area contributed by atoms with E-state index in [1.54, 1.807) is 0 Å². The van der Waals surface area contributed by atoms with E-state index in [1.807, 2.05) is 0 Å². The Bertz CT molecular complexity index is 939. The van der Waals surface area contributed by atoms with Gasteiger partial charge in [-0.05, 0) is 51.4 Å². The number of aliphatic hydroxyl groups is 2. The molecule has 0 saturated heterocycles. The highest BCUT2D eigenvalue weighted by Crippen LogP contribution is 2.19. The van der Waals surface area contributed by atoms with Crippen LogP contribution in [-0.4, -0.2) is 46.9 Å². The number of carbonyl (C=O) groups excluding carboxylic acids is 2. The topological polar surface area (TPSA) is 95.9 Å². The predicted octanol–water partition coefficient (Wildman–Crippen LogP) is 16.9. The Kier molecular flexibility index (Phi) is 49.5. The minimum atomic E-state index is -0.783. The van der Waals surface area contributed by atoms with E-state index in [0.29, 0.717) is 19.3 Å². The number of hydrogen-bond acceptors (Lipinski definition) is 5. The van der Waals surface area contributed by atoms with Crippen molar-refractivity contribution in [1.29, 1.82) is 0 Å². The Balaban J connectivity index is 4.54. The lowest BCUT2D eigenvalue weighted by molar-refractivity contribution is -0.151. The molecule has 3 unspecified atom stereocenters. The number of ether oxygens (including phenoxy) is 1. The molecule has 0 saturated carbocycles. The van der Waals surface area contributed by atoms with Crippen molar-refractivity contribution < 1.29 is 24.5 Å². The van der Waals surface area contributed by atoms with Crippen LogP contribution in [0.3, 0.4) is 0 Å². The van der Waals surface area contributed by atoms with Gasteiger partial charge >= 0.3 is 5.97 Å². The lowest BCUT2D eigenvalue weighted by Crippen LogP contribution is -2.46. The summed E-state index contributed by atoms with van der Waals surface area (Å²) in [6.07, 6.45) is 57.0. The summed E-state index contributed by atoms with van der Waals surface area (Å²) in [5, 5.41) is 23.8. The minimum Gasteiger partial charge on any atom is -0.462 e. The number of aliphatic hydroxyl groups excluding tert-OH is 2. The molecule has 368 valence electrons. The molecule has 0 fully saturated rings. The van der Waals surface area contributed by atoms with E-state index >= 15 is 0 Å². The van der Waals surface area contributed by atoms with Crippen LogP contribution in [0.5, 0.6) is 0 Å². The Labute approximate surface area is 387 Å². The SMILES string of the molecule is CCCCCCCC/C=C/CCCCCCCCCC(CC(=O)NC(CO)C(O)CCCCCCCCCCCCCC)OC(=O)CCCCCCCCCCCCCCCC. The van der Waals surface area contributed by atoms with Crippen LogP contribution in [0, 0.1) is 0 Å². The fourth-order valence-corrected chi connectivity index (χ4v) is 8.84. The second kappa shape index (κ2) is 50.6. The molecule has 6 nitrogen and oxygen atoms in total. The van der Waals surface area contributed by atoms with Gasteiger partial charge in [0, 0.05) is 6.42 Å². The molecule has 0 aliphatic rings. The molecule has 0 radical (unpaired) electrons. The van der Waals surface area contributed by atoms with E-state index in [1.165, 1.54) is 212 Å². The summed E-state index contributed by atoms with van der Waals surface area (Å²) in [7, 11) is 0. The minimum absolute atomic E-state index is 0.0820. The monoisotopic (exact) mass is 876 g/mol. The first kappa shape index (κ1) is 60.6. The van der Waals surface area contributed by atoms with E-state index < -0.39 is 18.2 Å². The Morgan fingerprint density at radius 2 is 0.774 bits per heavy atom. The first-order chi connectivity index (χ1) is 30.5. The third-order valence-corrected chi connectivity index (χ3v) is 13.1. The van der Waals surface area contributed by atoms with Crippen LogP contribution in [0.4, 0.5) is 0 Å². The maximum absolute atomic E-state index is 13.2. The Hall–Kier alpha value is -1.40. The molecule has 0 aliphatic heterocycles. The van der Waals surface area contributed by atoms with Crippen LogP contribution >= 0.6 is 0 Å². The van der Waals surface area contributed by atoms with E-state index in [9.17, 15) is 19.8 Å². The molecule has 0 heterocycles. The van der Waals surface area contributed by atoms with Crippen molar-refractivity contribution in [2.75, 3.05) is 6.61 Å². The lowest BCUT2D eigenvalue weighted by atomic mass is 10.0.